The van der Waals surface area contributed by atoms with Gasteiger partial charge in [-0.15, -0.1) is 11.3 Å². The molecule has 0 bridgehead atoms. The number of carbonyl (C=O) groups excluding carboxylic acids is 1. The van der Waals surface area contributed by atoms with E-state index in [1.807, 2.05) is 60.8 Å². The highest BCUT2D eigenvalue weighted by Crippen LogP contribution is 2.31. The molecule has 5 nitrogen and oxygen atoms in total. The van der Waals surface area contributed by atoms with Gasteiger partial charge in [0.05, 0.1) is 5.69 Å². The van der Waals surface area contributed by atoms with E-state index in [4.69, 9.17) is 10.5 Å². The Labute approximate surface area is 144 Å². The lowest BCUT2D eigenvalue weighted by molar-refractivity contribution is -0.118. The molecule has 24 heavy (non-hydrogen) atoms. The Hall–Kier alpha value is -2.86. The molecule has 3 aromatic rings. The number of ether oxygens (including phenoxy) is 1. The van der Waals surface area contributed by atoms with E-state index in [0.29, 0.717) is 10.9 Å². The van der Waals surface area contributed by atoms with Gasteiger partial charge in [0.1, 0.15) is 5.75 Å². The summed E-state index contributed by atoms with van der Waals surface area (Å²) in [6.45, 7) is 1.92. The molecule has 0 spiro atoms. The number of nitrogens with two attached hydrogens (primary N) is 1. The quantitative estimate of drug-likeness (QED) is 0.743. The summed E-state index contributed by atoms with van der Waals surface area (Å²) < 4.78 is 5.67. The zero-order chi connectivity index (χ0) is 16.9. The van der Waals surface area contributed by atoms with Gasteiger partial charge in [-0.05, 0) is 31.2 Å². The minimum absolute atomic E-state index is 0.0789. The van der Waals surface area contributed by atoms with Crippen molar-refractivity contribution < 1.29 is 9.53 Å². The zero-order valence-corrected chi connectivity index (χ0v) is 14.0. The van der Waals surface area contributed by atoms with E-state index in [-0.39, 0.29) is 12.5 Å². The van der Waals surface area contributed by atoms with Crippen molar-refractivity contribution >= 4 is 28.1 Å². The molecule has 0 aliphatic heterocycles. The molecule has 3 N–H and O–H groups in total. The van der Waals surface area contributed by atoms with E-state index in [9.17, 15) is 4.79 Å². The lowest BCUT2D eigenvalue weighted by Crippen LogP contribution is -2.20. The number of benzene rings is 2. The summed E-state index contributed by atoms with van der Waals surface area (Å²) in [6.07, 6.45) is 0. The fourth-order valence-corrected chi connectivity index (χ4v) is 2.76. The molecule has 0 unspecified atom stereocenters. The first kappa shape index (κ1) is 16.0. The van der Waals surface area contributed by atoms with Crippen LogP contribution in [0.5, 0.6) is 5.75 Å². The number of aryl methyl sites for hydroxylation is 1. The van der Waals surface area contributed by atoms with E-state index in [0.717, 1.165) is 22.5 Å². The summed E-state index contributed by atoms with van der Waals surface area (Å²) in [4.78, 5) is 16.3. The molecule has 1 aromatic heterocycles. The van der Waals surface area contributed by atoms with Crippen molar-refractivity contribution in [2.45, 2.75) is 6.92 Å². The fourth-order valence-electron chi connectivity index (χ4n) is 2.19. The highest BCUT2D eigenvalue weighted by Gasteiger charge is 2.11. The van der Waals surface area contributed by atoms with Crippen LogP contribution in [0.3, 0.4) is 0 Å². The predicted octanol–water partition coefficient (Wildman–Crippen LogP) is 3.72. The number of nitrogen functional groups attached to an aromatic ring is 1. The monoisotopic (exact) mass is 339 g/mol. The first-order valence-corrected chi connectivity index (χ1v) is 8.29. The minimum atomic E-state index is -0.216. The Kier molecular flexibility index (Phi) is 4.77. The van der Waals surface area contributed by atoms with Gasteiger partial charge in [0.25, 0.3) is 5.91 Å². The van der Waals surface area contributed by atoms with Gasteiger partial charge in [-0.2, -0.15) is 0 Å². The van der Waals surface area contributed by atoms with Gasteiger partial charge in [0.15, 0.2) is 11.7 Å². The molecule has 0 saturated carbocycles. The summed E-state index contributed by atoms with van der Waals surface area (Å²) in [5.74, 6) is 0.383. The molecular formula is C18H17N3O2S. The van der Waals surface area contributed by atoms with Gasteiger partial charge in [0.2, 0.25) is 0 Å². The minimum Gasteiger partial charge on any atom is -0.483 e. The van der Waals surface area contributed by atoms with Crippen molar-refractivity contribution in [2.24, 2.45) is 0 Å². The van der Waals surface area contributed by atoms with Crippen LogP contribution in [0.4, 0.5) is 10.8 Å². The second-order valence-corrected chi connectivity index (χ2v) is 6.16. The normalized spacial score (nSPS) is 10.4. The molecule has 6 heteroatoms. The first-order chi connectivity index (χ1) is 11.6. The van der Waals surface area contributed by atoms with E-state index < -0.39 is 0 Å². The molecule has 1 amide bonds. The van der Waals surface area contributed by atoms with Crippen LogP contribution in [0.2, 0.25) is 0 Å². The molecule has 0 saturated heterocycles. The van der Waals surface area contributed by atoms with Crippen LogP contribution >= 0.6 is 11.3 Å². The van der Waals surface area contributed by atoms with Crippen molar-refractivity contribution in [3.8, 4) is 17.0 Å². The highest BCUT2D eigenvalue weighted by molar-refractivity contribution is 7.13. The van der Waals surface area contributed by atoms with E-state index in [2.05, 4.69) is 10.3 Å². The molecule has 3 rings (SSSR count). The summed E-state index contributed by atoms with van der Waals surface area (Å²) in [5.41, 5.74) is 9.13. The third-order valence-electron chi connectivity index (χ3n) is 3.38. The number of carbonyl (C=O) groups is 1. The summed E-state index contributed by atoms with van der Waals surface area (Å²) >= 11 is 1.37. The van der Waals surface area contributed by atoms with Gasteiger partial charge >= 0.3 is 0 Å². The zero-order valence-electron chi connectivity index (χ0n) is 13.2. The lowest BCUT2D eigenvalue weighted by Gasteiger charge is -2.10. The largest absolute Gasteiger partial charge is 0.483 e. The van der Waals surface area contributed by atoms with Crippen molar-refractivity contribution in [2.75, 3.05) is 17.7 Å². The maximum Gasteiger partial charge on any atom is 0.262 e. The van der Waals surface area contributed by atoms with Gasteiger partial charge in [-0.3, -0.25) is 4.79 Å². The third kappa shape index (κ3) is 3.91. The number of anilines is 2. The number of amides is 1. The number of rotatable bonds is 5. The van der Waals surface area contributed by atoms with Crippen molar-refractivity contribution in [3.63, 3.8) is 0 Å². The molecule has 0 radical (unpaired) electrons. The molecule has 0 aliphatic rings. The first-order valence-electron chi connectivity index (χ1n) is 7.41. The van der Waals surface area contributed by atoms with E-state index in [1.165, 1.54) is 11.3 Å². The third-order valence-corrected chi connectivity index (χ3v) is 4.05. The van der Waals surface area contributed by atoms with Gasteiger partial charge < -0.3 is 15.8 Å². The fraction of sp³-hybridized carbons (Fsp3) is 0.111. The van der Waals surface area contributed by atoms with Crippen LogP contribution in [0.1, 0.15) is 5.56 Å². The Morgan fingerprint density at radius 2 is 1.96 bits per heavy atom. The molecule has 1 heterocycles. The number of aromatic nitrogens is 1. The van der Waals surface area contributed by atoms with Crippen LogP contribution in [0, 0.1) is 6.92 Å². The maximum atomic E-state index is 12.1. The second-order valence-electron chi connectivity index (χ2n) is 5.27. The van der Waals surface area contributed by atoms with Gasteiger partial charge in [-0.1, -0.05) is 29.8 Å². The molecular weight excluding hydrogens is 322 g/mol. The summed E-state index contributed by atoms with van der Waals surface area (Å²) in [7, 11) is 0. The highest BCUT2D eigenvalue weighted by atomic mass is 32.1. The van der Waals surface area contributed by atoms with Gasteiger partial charge in [-0.25, -0.2) is 4.98 Å². The molecule has 2 aromatic carbocycles. The van der Waals surface area contributed by atoms with Crippen molar-refractivity contribution in [1.82, 2.24) is 4.98 Å². The van der Waals surface area contributed by atoms with E-state index in [1.54, 1.807) is 0 Å². The van der Waals surface area contributed by atoms with Crippen LogP contribution in [-0.2, 0) is 4.79 Å². The standard InChI is InChI=1S/C18H17N3O2S/c1-12-6-8-13(9-7-12)20-17(22)10-23-16-5-3-2-4-14(16)15-11-24-18(19)21-15/h2-9,11H,10H2,1H3,(H2,19,21)(H,20,22). The Morgan fingerprint density at radius 1 is 1.21 bits per heavy atom. The second kappa shape index (κ2) is 7.14. The topological polar surface area (TPSA) is 77.2 Å². The van der Waals surface area contributed by atoms with Crippen LogP contribution in [-0.4, -0.2) is 17.5 Å². The summed E-state index contributed by atoms with van der Waals surface area (Å²) in [6, 6.07) is 15.1. The van der Waals surface area contributed by atoms with Crippen LogP contribution in [0.25, 0.3) is 11.3 Å². The Morgan fingerprint density at radius 3 is 2.67 bits per heavy atom. The smallest absolute Gasteiger partial charge is 0.262 e. The van der Waals surface area contributed by atoms with E-state index >= 15 is 0 Å². The number of para-hydroxylation sites is 1. The molecule has 122 valence electrons. The number of nitrogens with one attached hydrogen (secondary N) is 1. The average Bonchev–Trinajstić information content (AvgIpc) is 3.02. The van der Waals surface area contributed by atoms with Crippen LogP contribution in [0.15, 0.2) is 53.9 Å². The molecule has 0 aliphatic carbocycles. The van der Waals surface area contributed by atoms with Gasteiger partial charge in [0, 0.05) is 16.6 Å². The number of thiazole rings is 1. The molecule has 0 atom stereocenters. The number of hydrogen-bond acceptors (Lipinski definition) is 5. The van der Waals surface area contributed by atoms with Crippen molar-refractivity contribution in [3.05, 3.63) is 59.5 Å². The lowest BCUT2D eigenvalue weighted by atomic mass is 10.1. The van der Waals surface area contributed by atoms with Crippen LogP contribution < -0.4 is 15.8 Å². The SMILES string of the molecule is Cc1ccc(NC(=O)COc2ccccc2-c2csc(N)n2)cc1. The Bertz CT molecular complexity index is 843. The molecule has 0 fully saturated rings. The summed E-state index contributed by atoms with van der Waals surface area (Å²) in [5, 5.41) is 5.17. The average molecular weight is 339 g/mol. The number of hydrogen-bond donors (Lipinski definition) is 2. The number of nitrogens with zero attached hydrogens (tertiary/aromatic N) is 1. The van der Waals surface area contributed by atoms with Crippen molar-refractivity contribution in [1.29, 1.82) is 0 Å². The predicted molar refractivity (Wildman–Crippen MR) is 97.3 cm³/mol. The Balaban J connectivity index is 1.66. The maximum absolute atomic E-state index is 12.1.